The Balaban J connectivity index is 2.80. The fraction of sp³-hybridized carbons (Fsp3) is 0.714. The van der Waals surface area contributed by atoms with E-state index in [1.165, 1.54) is 5.69 Å². The lowest BCUT2D eigenvalue weighted by Gasteiger charge is -1.99. The Morgan fingerprint density at radius 2 is 1.92 bits per heavy atom. The van der Waals surface area contributed by atoms with Crippen LogP contribution >= 0.6 is 23.5 Å². The topological polar surface area (TPSA) is 30.7 Å². The van der Waals surface area contributed by atoms with Crippen molar-refractivity contribution in [1.29, 1.82) is 0 Å². The highest BCUT2D eigenvalue weighted by Crippen LogP contribution is 2.15. The van der Waals surface area contributed by atoms with Crippen LogP contribution < -0.4 is 0 Å². The van der Waals surface area contributed by atoms with Gasteiger partial charge in [0, 0.05) is 18.6 Å². The number of aromatic nitrogens is 3. The number of hydrogen-bond donors (Lipinski definition) is 0. The Morgan fingerprint density at radius 1 is 1.25 bits per heavy atom. The number of thioether (sulfide) groups is 2. The SMILES string of the molecule is CSCc1nnn(C)c1CSC. The van der Waals surface area contributed by atoms with Gasteiger partial charge in [-0.2, -0.15) is 23.5 Å². The second-order valence-electron chi connectivity index (χ2n) is 2.47. The van der Waals surface area contributed by atoms with E-state index in [0.717, 1.165) is 17.2 Å². The molecular weight excluding hydrogens is 190 g/mol. The zero-order valence-electron chi connectivity index (χ0n) is 7.57. The summed E-state index contributed by atoms with van der Waals surface area (Å²) >= 11 is 3.59. The highest BCUT2D eigenvalue weighted by Gasteiger charge is 2.08. The average Bonchev–Trinajstić information content (AvgIpc) is 2.37. The molecule has 0 unspecified atom stereocenters. The molecule has 5 heteroatoms. The first-order valence-electron chi connectivity index (χ1n) is 3.65. The van der Waals surface area contributed by atoms with Crippen LogP contribution in [0.5, 0.6) is 0 Å². The van der Waals surface area contributed by atoms with Crippen LogP contribution in [0, 0.1) is 0 Å². The summed E-state index contributed by atoms with van der Waals surface area (Å²) in [5, 5.41) is 8.10. The first-order valence-corrected chi connectivity index (χ1v) is 6.43. The third-order valence-corrected chi connectivity index (χ3v) is 2.71. The van der Waals surface area contributed by atoms with Crippen LogP contribution in [0.25, 0.3) is 0 Å². The predicted octanol–water partition coefficient (Wildman–Crippen LogP) is 1.54. The van der Waals surface area contributed by atoms with Crippen molar-refractivity contribution in [1.82, 2.24) is 15.0 Å². The van der Waals surface area contributed by atoms with Crippen LogP contribution in [0.1, 0.15) is 11.4 Å². The molecule has 1 rings (SSSR count). The molecule has 0 aromatic carbocycles. The van der Waals surface area contributed by atoms with Gasteiger partial charge in [0.05, 0.1) is 11.4 Å². The quantitative estimate of drug-likeness (QED) is 0.742. The summed E-state index contributed by atoms with van der Waals surface area (Å²) in [6.45, 7) is 0. The zero-order valence-corrected chi connectivity index (χ0v) is 9.21. The molecule has 68 valence electrons. The number of nitrogens with zero attached hydrogens (tertiary/aromatic N) is 3. The Labute approximate surface area is 81.3 Å². The monoisotopic (exact) mass is 203 g/mol. The van der Waals surface area contributed by atoms with E-state index < -0.39 is 0 Å². The Morgan fingerprint density at radius 3 is 2.50 bits per heavy atom. The summed E-state index contributed by atoms with van der Waals surface area (Å²) in [6.07, 6.45) is 4.17. The van der Waals surface area contributed by atoms with Gasteiger partial charge in [0.1, 0.15) is 0 Å². The van der Waals surface area contributed by atoms with Gasteiger partial charge in [0.15, 0.2) is 0 Å². The van der Waals surface area contributed by atoms with Crippen LogP contribution in [0.3, 0.4) is 0 Å². The minimum absolute atomic E-state index is 0.962. The number of hydrogen-bond acceptors (Lipinski definition) is 4. The highest BCUT2D eigenvalue weighted by atomic mass is 32.2. The van der Waals surface area contributed by atoms with E-state index in [4.69, 9.17) is 0 Å². The van der Waals surface area contributed by atoms with Crippen LogP contribution in [0.4, 0.5) is 0 Å². The lowest BCUT2D eigenvalue weighted by atomic mass is 10.4. The molecule has 1 aromatic heterocycles. The third kappa shape index (κ3) is 2.17. The van der Waals surface area contributed by atoms with Crippen LogP contribution in [-0.4, -0.2) is 27.5 Å². The maximum absolute atomic E-state index is 4.10. The van der Waals surface area contributed by atoms with Crippen LogP contribution in [0.2, 0.25) is 0 Å². The minimum Gasteiger partial charge on any atom is -0.251 e. The van der Waals surface area contributed by atoms with Crippen LogP contribution in [-0.2, 0) is 18.6 Å². The van der Waals surface area contributed by atoms with E-state index in [1.807, 2.05) is 11.7 Å². The van der Waals surface area contributed by atoms with Gasteiger partial charge < -0.3 is 0 Å². The number of rotatable bonds is 4. The summed E-state index contributed by atoms with van der Waals surface area (Å²) in [6, 6.07) is 0. The van der Waals surface area contributed by atoms with Gasteiger partial charge in [-0.15, -0.1) is 5.10 Å². The van der Waals surface area contributed by atoms with Crippen molar-refractivity contribution in [2.24, 2.45) is 7.05 Å². The van der Waals surface area contributed by atoms with Gasteiger partial charge >= 0.3 is 0 Å². The van der Waals surface area contributed by atoms with E-state index in [-0.39, 0.29) is 0 Å². The van der Waals surface area contributed by atoms with E-state index in [2.05, 4.69) is 22.8 Å². The lowest BCUT2D eigenvalue weighted by Crippen LogP contribution is -1.98. The summed E-state index contributed by atoms with van der Waals surface area (Å²) < 4.78 is 1.86. The standard InChI is InChI=1S/C7H13N3S2/c1-10-7(5-12-3)6(4-11-2)8-9-10/h4-5H2,1-3H3. The summed E-state index contributed by atoms with van der Waals surface area (Å²) in [5.74, 6) is 1.96. The molecule has 1 aromatic rings. The normalized spacial score (nSPS) is 10.6. The Kier molecular flexibility index (Phi) is 3.94. The molecule has 0 aliphatic rings. The van der Waals surface area contributed by atoms with Crippen molar-refractivity contribution in [2.45, 2.75) is 11.5 Å². The van der Waals surface area contributed by atoms with Gasteiger partial charge in [0.25, 0.3) is 0 Å². The molecule has 0 saturated heterocycles. The van der Waals surface area contributed by atoms with E-state index in [9.17, 15) is 0 Å². The molecule has 0 fully saturated rings. The molecule has 0 N–H and O–H groups in total. The summed E-state index contributed by atoms with van der Waals surface area (Å²) in [5.41, 5.74) is 2.37. The van der Waals surface area contributed by atoms with Gasteiger partial charge in [-0.3, -0.25) is 4.68 Å². The third-order valence-electron chi connectivity index (χ3n) is 1.59. The molecule has 0 bridgehead atoms. The van der Waals surface area contributed by atoms with Crippen molar-refractivity contribution in [3.63, 3.8) is 0 Å². The maximum Gasteiger partial charge on any atom is 0.0966 e. The van der Waals surface area contributed by atoms with E-state index in [0.29, 0.717) is 0 Å². The first kappa shape index (κ1) is 9.92. The Hall–Kier alpha value is -0.160. The van der Waals surface area contributed by atoms with Gasteiger partial charge in [-0.25, -0.2) is 0 Å². The average molecular weight is 203 g/mol. The van der Waals surface area contributed by atoms with E-state index in [1.54, 1.807) is 23.5 Å². The molecule has 0 aliphatic heterocycles. The summed E-state index contributed by atoms with van der Waals surface area (Å²) in [4.78, 5) is 0. The van der Waals surface area contributed by atoms with Crippen molar-refractivity contribution < 1.29 is 0 Å². The molecule has 0 amide bonds. The second-order valence-corrected chi connectivity index (χ2v) is 4.20. The molecule has 12 heavy (non-hydrogen) atoms. The van der Waals surface area contributed by atoms with Crippen molar-refractivity contribution in [3.8, 4) is 0 Å². The fourth-order valence-corrected chi connectivity index (χ4v) is 2.11. The van der Waals surface area contributed by atoms with Crippen LogP contribution in [0.15, 0.2) is 0 Å². The largest absolute Gasteiger partial charge is 0.251 e. The molecule has 0 spiro atoms. The number of aryl methyl sites for hydroxylation is 1. The smallest absolute Gasteiger partial charge is 0.0966 e. The van der Waals surface area contributed by atoms with Gasteiger partial charge in [-0.1, -0.05) is 5.21 Å². The zero-order chi connectivity index (χ0) is 8.97. The maximum atomic E-state index is 4.10. The fourth-order valence-electron chi connectivity index (χ4n) is 0.982. The second kappa shape index (κ2) is 4.77. The summed E-state index contributed by atoms with van der Waals surface area (Å²) in [7, 11) is 1.95. The van der Waals surface area contributed by atoms with Gasteiger partial charge in [0.2, 0.25) is 0 Å². The molecular formula is C7H13N3S2. The van der Waals surface area contributed by atoms with Crippen molar-refractivity contribution in [2.75, 3.05) is 12.5 Å². The molecule has 0 aliphatic carbocycles. The molecule has 0 atom stereocenters. The molecule has 1 heterocycles. The minimum atomic E-state index is 0.962. The predicted molar refractivity (Wildman–Crippen MR) is 55.4 cm³/mol. The van der Waals surface area contributed by atoms with E-state index >= 15 is 0 Å². The van der Waals surface area contributed by atoms with Crippen molar-refractivity contribution >= 4 is 23.5 Å². The molecule has 3 nitrogen and oxygen atoms in total. The van der Waals surface area contributed by atoms with Gasteiger partial charge in [-0.05, 0) is 12.5 Å². The Bertz CT molecular complexity index is 247. The first-order chi connectivity index (χ1) is 5.79. The lowest BCUT2D eigenvalue weighted by molar-refractivity contribution is 0.694. The highest BCUT2D eigenvalue weighted by molar-refractivity contribution is 7.98. The van der Waals surface area contributed by atoms with Crippen molar-refractivity contribution in [3.05, 3.63) is 11.4 Å². The molecule has 0 saturated carbocycles. The molecule has 0 radical (unpaired) electrons.